The lowest BCUT2D eigenvalue weighted by atomic mass is 10.2. The van der Waals surface area contributed by atoms with Gasteiger partial charge in [0.15, 0.2) is 4.96 Å². The van der Waals surface area contributed by atoms with E-state index in [2.05, 4.69) is 4.98 Å². The maximum Gasteiger partial charge on any atom is 0.342 e. The molecule has 0 N–H and O–H groups in total. The van der Waals surface area contributed by atoms with Crippen LogP contribution in [-0.4, -0.2) is 15.4 Å². The number of carbonyl (C=O) groups is 1. The average molecular weight is 427 g/mol. The Hall–Kier alpha value is -3.16. The lowest BCUT2D eigenvalue weighted by Crippen LogP contribution is -2.15. The normalized spacial score (nSPS) is 10.8. The van der Waals surface area contributed by atoms with Gasteiger partial charge in [-0.1, -0.05) is 41.9 Å². The van der Waals surface area contributed by atoms with Crippen LogP contribution in [0.15, 0.2) is 71.0 Å². The Balaban J connectivity index is 1.47. The highest BCUT2D eigenvalue weighted by molar-refractivity contribution is 7.15. The SMILES string of the molecule is O=C(OCc1cc(=O)n2ccsc2n1)c1ccccc1OCc1ccccc1Cl. The fourth-order valence-corrected chi connectivity index (χ4v) is 3.64. The molecule has 0 aliphatic heterocycles. The van der Waals surface area contributed by atoms with E-state index in [1.54, 1.807) is 41.9 Å². The van der Waals surface area contributed by atoms with Gasteiger partial charge in [-0.15, -0.1) is 11.3 Å². The smallest absolute Gasteiger partial charge is 0.342 e. The van der Waals surface area contributed by atoms with Crippen LogP contribution in [0.5, 0.6) is 5.75 Å². The van der Waals surface area contributed by atoms with Crippen LogP contribution in [0.4, 0.5) is 0 Å². The van der Waals surface area contributed by atoms with E-state index in [9.17, 15) is 9.59 Å². The summed E-state index contributed by atoms with van der Waals surface area (Å²) in [7, 11) is 0. The van der Waals surface area contributed by atoms with E-state index in [0.29, 0.717) is 21.4 Å². The summed E-state index contributed by atoms with van der Waals surface area (Å²) in [6.07, 6.45) is 1.65. The maximum atomic E-state index is 12.6. The molecule has 0 fully saturated rings. The molecular weight excluding hydrogens is 412 g/mol. The lowest BCUT2D eigenvalue weighted by Gasteiger charge is -2.12. The monoisotopic (exact) mass is 426 g/mol. The van der Waals surface area contributed by atoms with Crippen molar-refractivity contribution >= 4 is 33.9 Å². The van der Waals surface area contributed by atoms with Crippen molar-refractivity contribution in [2.75, 3.05) is 0 Å². The molecule has 6 nitrogen and oxygen atoms in total. The first-order chi connectivity index (χ1) is 14.1. The summed E-state index contributed by atoms with van der Waals surface area (Å²) in [6, 6.07) is 15.5. The van der Waals surface area contributed by atoms with E-state index in [-0.39, 0.29) is 24.3 Å². The molecule has 0 aliphatic carbocycles. The van der Waals surface area contributed by atoms with Crippen LogP contribution in [0.2, 0.25) is 5.02 Å². The van der Waals surface area contributed by atoms with E-state index in [0.717, 1.165) is 5.56 Å². The zero-order valence-corrected chi connectivity index (χ0v) is 16.7. The van der Waals surface area contributed by atoms with Gasteiger partial charge < -0.3 is 9.47 Å². The van der Waals surface area contributed by atoms with E-state index < -0.39 is 5.97 Å². The third kappa shape index (κ3) is 4.31. The summed E-state index contributed by atoms with van der Waals surface area (Å²) < 4.78 is 12.6. The molecular formula is C21H15ClN2O4S. The number of fused-ring (bicyclic) bond motifs is 1. The van der Waals surface area contributed by atoms with Crippen LogP contribution in [0.25, 0.3) is 4.96 Å². The number of benzene rings is 2. The average Bonchev–Trinajstić information content (AvgIpc) is 3.21. The van der Waals surface area contributed by atoms with Crippen molar-refractivity contribution in [3.8, 4) is 5.75 Å². The van der Waals surface area contributed by atoms with E-state index in [1.807, 2.05) is 18.2 Å². The molecule has 0 atom stereocenters. The largest absolute Gasteiger partial charge is 0.488 e. The second kappa shape index (κ2) is 8.46. The fourth-order valence-electron chi connectivity index (χ4n) is 2.71. The molecule has 0 radical (unpaired) electrons. The van der Waals surface area contributed by atoms with Gasteiger partial charge in [-0.2, -0.15) is 0 Å². The first-order valence-corrected chi connectivity index (χ1v) is 9.96. The van der Waals surface area contributed by atoms with Gasteiger partial charge in [0.2, 0.25) is 0 Å². The van der Waals surface area contributed by atoms with E-state index >= 15 is 0 Å². The number of para-hydroxylation sites is 1. The van der Waals surface area contributed by atoms with Crippen LogP contribution in [0, 0.1) is 0 Å². The molecule has 0 bridgehead atoms. The highest BCUT2D eigenvalue weighted by atomic mass is 35.5. The number of hydrogen-bond donors (Lipinski definition) is 0. The zero-order valence-electron chi connectivity index (χ0n) is 15.1. The van der Waals surface area contributed by atoms with Gasteiger partial charge in [0.1, 0.15) is 24.5 Å². The van der Waals surface area contributed by atoms with Crippen LogP contribution < -0.4 is 10.3 Å². The Morgan fingerprint density at radius 2 is 1.90 bits per heavy atom. The quantitative estimate of drug-likeness (QED) is 0.429. The molecule has 2 aromatic carbocycles. The number of hydrogen-bond acceptors (Lipinski definition) is 6. The molecule has 0 saturated heterocycles. The van der Waals surface area contributed by atoms with Gasteiger partial charge in [-0.05, 0) is 18.2 Å². The molecule has 146 valence electrons. The van der Waals surface area contributed by atoms with Gasteiger partial charge in [0.25, 0.3) is 5.56 Å². The first-order valence-electron chi connectivity index (χ1n) is 8.70. The molecule has 2 heterocycles. The Bertz CT molecular complexity index is 1230. The molecule has 29 heavy (non-hydrogen) atoms. The lowest BCUT2D eigenvalue weighted by molar-refractivity contribution is 0.0462. The third-order valence-corrected chi connectivity index (χ3v) is 5.28. The predicted molar refractivity (Wildman–Crippen MR) is 111 cm³/mol. The van der Waals surface area contributed by atoms with Gasteiger partial charge in [0.05, 0.1) is 5.69 Å². The highest BCUT2D eigenvalue weighted by Gasteiger charge is 2.15. The second-order valence-electron chi connectivity index (χ2n) is 6.09. The Kier molecular flexibility index (Phi) is 5.59. The Morgan fingerprint density at radius 3 is 2.76 bits per heavy atom. The van der Waals surface area contributed by atoms with E-state index in [1.165, 1.54) is 21.8 Å². The number of ether oxygens (including phenoxy) is 2. The molecule has 0 unspecified atom stereocenters. The predicted octanol–water partition coefficient (Wildman–Crippen LogP) is 4.35. The number of aromatic nitrogens is 2. The second-order valence-corrected chi connectivity index (χ2v) is 7.37. The van der Waals surface area contributed by atoms with Gasteiger partial charge >= 0.3 is 5.97 Å². The van der Waals surface area contributed by atoms with Crippen LogP contribution >= 0.6 is 22.9 Å². The van der Waals surface area contributed by atoms with Crippen molar-refractivity contribution in [2.45, 2.75) is 13.2 Å². The van der Waals surface area contributed by atoms with Crippen LogP contribution in [0.3, 0.4) is 0 Å². The first kappa shape index (κ1) is 19.2. The number of nitrogens with zero attached hydrogens (tertiary/aromatic N) is 2. The number of rotatable bonds is 6. The summed E-state index contributed by atoms with van der Waals surface area (Å²) in [4.78, 5) is 29.5. The van der Waals surface area contributed by atoms with Gasteiger partial charge in [0, 0.05) is 28.2 Å². The minimum absolute atomic E-state index is 0.110. The van der Waals surface area contributed by atoms with Crippen LogP contribution in [0.1, 0.15) is 21.6 Å². The van der Waals surface area contributed by atoms with Gasteiger partial charge in [-0.25, -0.2) is 9.78 Å². The molecule has 4 rings (SSSR count). The van der Waals surface area contributed by atoms with Crippen molar-refractivity contribution in [1.82, 2.24) is 9.38 Å². The number of thiazole rings is 1. The minimum Gasteiger partial charge on any atom is -0.488 e. The van der Waals surface area contributed by atoms with Crippen LogP contribution in [-0.2, 0) is 18.0 Å². The molecule has 0 amide bonds. The van der Waals surface area contributed by atoms with Crippen molar-refractivity contribution < 1.29 is 14.3 Å². The van der Waals surface area contributed by atoms with Crippen molar-refractivity contribution in [1.29, 1.82) is 0 Å². The zero-order chi connectivity index (χ0) is 20.2. The van der Waals surface area contributed by atoms with Gasteiger partial charge in [-0.3, -0.25) is 9.20 Å². The van der Waals surface area contributed by atoms with Crippen molar-refractivity contribution in [3.63, 3.8) is 0 Å². The summed E-state index contributed by atoms with van der Waals surface area (Å²) in [5.74, 6) is -0.174. The Morgan fingerprint density at radius 1 is 1.10 bits per heavy atom. The van der Waals surface area contributed by atoms with Crippen molar-refractivity contribution in [2.24, 2.45) is 0 Å². The molecule has 0 saturated carbocycles. The summed E-state index contributed by atoms with van der Waals surface area (Å²) in [6.45, 7) is 0.110. The maximum absolute atomic E-state index is 12.6. The summed E-state index contributed by atoms with van der Waals surface area (Å²) >= 11 is 7.49. The van der Waals surface area contributed by atoms with Crippen molar-refractivity contribution in [3.05, 3.63) is 98.4 Å². The topological polar surface area (TPSA) is 69.9 Å². The third-order valence-electron chi connectivity index (χ3n) is 4.16. The molecule has 4 aromatic rings. The summed E-state index contributed by atoms with van der Waals surface area (Å²) in [5, 5.41) is 2.36. The standard InChI is InChI=1S/C21H15ClN2O4S/c22-17-7-3-1-5-14(17)12-27-18-8-4-2-6-16(18)20(26)28-13-15-11-19(25)24-9-10-29-21(24)23-15/h1-11H,12-13H2. The molecule has 0 spiro atoms. The summed E-state index contributed by atoms with van der Waals surface area (Å²) in [5.41, 5.74) is 1.27. The Labute approximate surface area is 174 Å². The minimum atomic E-state index is -0.562. The number of esters is 1. The fraction of sp³-hybridized carbons (Fsp3) is 0.0952. The molecule has 2 aromatic heterocycles. The van der Waals surface area contributed by atoms with E-state index in [4.69, 9.17) is 21.1 Å². The molecule has 8 heteroatoms. The number of carbonyl (C=O) groups excluding carboxylic acids is 1. The number of halogens is 1. The highest BCUT2D eigenvalue weighted by Crippen LogP contribution is 2.23. The molecule has 0 aliphatic rings.